The smallest absolute Gasteiger partial charge is 0.289 e. The number of aliphatic hydroxyl groups is 1. The van der Waals surface area contributed by atoms with E-state index in [0.29, 0.717) is 17.1 Å². The van der Waals surface area contributed by atoms with E-state index < -0.39 is 29.6 Å². The lowest BCUT2D eigenvalue weighted by atomic mass is 10.0. The van der Waals surface area contributed by atoms with Crippen molar-refractivity contribution >= 4 is 34.0 Å². The zero-order valence-corrected chi connectivity index (χ0v) is 19.7. The molecule has 186 valence electrons. The number of aliphatic hydroxyl groups excluding tert-OH is 1. The van der Waals surface area contributed by atoms with Crippen LogP contribution in [-0.2, 0) is 13.0 Å². The fraction of sp³-hybridized carbons (Fsp3) is 0.167. The average Bonchev–Trinajstić information content (AvgIpc) is 3.48. The Morgan fingerprint density at radius 1 is 1.22 bits per heavy atom. The van der Waals surface area contributed by atoms with E-state index in [1.54, 1.807) is 18.2 Å². The number of carbonyl (C=O) groups excluding carboxylic acids is 2. The van der Waals surface area contributed by atoms with Crippen LogP contribution in [0.3, 0.4) is 0 Å². The van der Waals surface area contributed by atoms with E-state index in [2.05, 4.69) is 20.6 Å². The number of thiophene rings is 1. The highest BCUT2D eigenvalue weighted by atomic mass is 32.1. The van der Waals surface area contributed by atoms with E-state index in [9.17, 15) is 23.5 Å². The number of hydrogen-bond donors (Lipinski definition) is 4. The van der Waals surface area contributed by atoms with Crippen LogP contribution < -0.4 is 16.4 Å². The van der Waals surface area contributed by atoms with Crippen molar-refractivity contribution in [1.29, 1.82) is 0 Å². The molecule has 3 heterocycles. The summed E-state index contributed by atoms with van der Waals surface area (Å²) in [4.78, 5) is 32.3. The van der Waals surface area contributed by atoms with Gasteiger partial charge in [0.2, 0.25) is 5.76 Å². The normalized spacial score (nSPS) is 11.8. The van der Waals surface area contributed by atoms with Crippen molar-refractivity contribution in [2.24, 2.45) is 5.73 Å². The first-order chi connectivity index (χ1) is 17.2. The molecule has 4 aromatic rings. The zero-order valence-electron chi connectivity index (χ0n) is 18.9. The van der Waals surface area contributed by atoms with Gasteiger partial charge in [-0.25, -0.2) is 18.7 Å². The van der Waals surface area contributed by atoms with Crippen molar-refractivity contribution in [2.45, 2.75) is 26.0 Å². The molecule has 0 spiro atoms. The summed E-state index contributed by atoms with van der Waals surface area (Å²) in [6.45, 7) is 1.61. The first-order valence-electron chi connectivity index (χ1n) is 10.7. The van der Waals surface area contributed by atoms with E-state index in [1.807, 2.05) is 0 Å². The number of rotatable bonds is 9. The van der Waals surface area contributed by atoms with Gasteiger partial charge < -0.3 is 25.9 Å². The van der Waals surface area contributed by atoms with E-state index in [4.69, 9.17) is 10.2 Å². The highest BCUT2D eigenvalue weighted by Crippen LogP contribution is 2.39. The van der Waals surface area contributed by atoms with Crippen LogP contribution in [0, 0.1) is 11.6 Å². The van der Waals surface area contributed by atoms with Crippen molar-refractivity contribution in [3.05, 3.63) is 83.2 Å². The van der Waals surface area contributed by atoms with Crippen molar-refractivity contribution in [1.82, 2.24) is 15.3 Å². The van der Waals surface area contributed by atoms with Crippen LogP contribution in [-0.4, -0.2) is 33.0 Å². The second-order valence-electron chi connectivity index (χ2n) is 7.89. The number of anilines is 2. The van der Waals surface area contributed by atoms with Crippen LogP contribution in [0.1, 0.15) is 39.1 Å². The second kappa shape index (κ2) is 10.6. The lowest BCUT2D eigenvalue weighted by Crippen LogP contribution is -2.22. The molecule has 3 aromatic heterocycles. The van der Waals surface area contributed by atoms with E-state index in [0.717, 1.165) is 29.9 Å². The SMILES string of the molecule is CC(O)Cc1cc(F)c(-c2cc(C(N)=O)c(Nc3cccc(CNC(=O)c4cnco4)n3)s2)c(F)c1. The number of pyridine rings is 1. The van der Waals surface area contributed by atoms with Gasteiger partial charge in [-0.1, -0.05) is 6.07 Å². The Morgan fingerprint density at radius 2 is 1.97 bits per heavy atom. The van der Waals surface area contributed by atoms with Gasteiger partial charge in [0, 0.05) is 4.88 Å². The number of benzene rings is 1. The third kappa shape index (κ3) is 5.73. The van der Waals surface area contributed by atoms with Gasteiger partial charge in [-0.05, 0) is 49.2 Å². The first kappa shape index (κ1) is 24.9. The summed E-state index contributed by atoms with van der Waals surface area (Å²) >= 11 is 0.936. The lowest BCUT2D eigenvalue weighted by molar-refractivity contribution is 0.0922. The van der Waals surface area contributed by atoms with Crippen LogP contribution in [0.4, 0.5) is 19.6 Å². The molecule has 4 rings (SSSR count). The molecule has 0 bridgehead atoms. The monoisotopic (exact) mass is 513 g/mol. The van der Waals surface area contributed by atoms with Crippen LogP contribution in [0.5, 0.6) is 0 Å². The number of primary amides is 1. The lowest BCUT2D eigenvalue weighted by Gasteiger charge is -2.09. The summed E-state index contributed by atoms with van der Waals surface area (Å²) in [5.41, 5.74) is 6.04. The molecule has 5 N–H and O–H groups in total. The molecule has 12 heteroatoms. The van der Waals surface area contributed by atoms with Gasteiger partial charge in [-0.15, -0.1) is 11.3 Å². The van der Waals surface area contributed by atoms with E-state index >= 15 is 0 Å². The number of carbonyl (C=O) groups is 2. The summed E-state index contributed by atoms with van der Waals surface area (Å²) in [7, 11) is 0. The summed E-state index contributed by atoms with van der Waals surface area (Å²) in [6.07, 6.45) is 1.77. The highest BCUT2D eigenvalue weighted by molar-refractivity contribution is 7.20. The number of nitrogens with one attached hydrogen (secondary N) is 2. The molecule has 9 nitrogen and oxygen atoms in total. The number of oxazole rings is 1. The molecule has 36 heavy (non-hydrogen) atoms. The van der Waals surface area contributed by atoms with Crippen LogP contribution in [0.15, 0.2) is 53.4 Å². The molecule has 0 aliphatic rings. The van der Waals surface area contributed by atoms with Gasteiger partial charge in [0.15, 0.2) is 6.39 Å². The Bertz CT molecular complexity index is 1380. The fourth-order valence-corrected chi connectivity index (χ4v) is 4.58. The molecule has 0 aliphatic heterocycles. The molecule has 0 saturated carbocycles. The summed E-state index contributed by atoms with van der Waals surface area (Å²) in [5.74, 6) is -2.52. The Morgan fingerprint density at radius 3 is 2.61 bits per heavy atom. The molecule has 0 fully saturated rings. The number of nitrogens with zero attached hydrogens (tertiary/aromatic N) is 2. The Labute approximate surface area is 208 Å². The predicted molar refractivity (Wildman–Crippen MR) is 129 cm³/mol. The minimum Gasteiger partial charge on any atom is -0.438 e. The van der Waals surface area contributed by atoms with E-state index in [1.165, 1.54) is 19.2 Å². The molecule has 1 unspecified atom stereocenters. The van der Waals surface area contributed by atoms with E-state index in [-0.39, 0.29) is 39.7 Å². The fourth-order valence-electron chi connectivity index (χ4n) is 3.46. The Hall–Kier alpha value is -4.16. The maximum atomic E-state index is 14.8. The van der Waals surface area contributed by atoms with Gasteiger partial charge >= 0.3 is 0 Å². The van der Waals surface area contributed by atoms with Crippen molar-refractivity contribution in [2.75, 3.05) is 5.32 Å². The molecule has 2 amide bonds. The predicted octanol–water partition coefficient (Wildman–Crippen LogP) is 3.77. The third-order valence-electron chi connectivity index (χ3n) is 5.01. The Kier molecular flexibility index (Phi) is 7.36. The third-order valence-corrected chi connectivity index (χ3v) is 6.08. The number of nitrogens with two attached hydrogens (primary N) is 1. The van der Waals surface area contributed by atoms with Crippen LogP contribution in [0.25, 0.3) is 10.4 Å². The molecule has 0 saturated heterocycles. The standard InChI is InChI=1S/C24H21F2N5O4S/c1-12(32)5-13-6-16(25)21(17(26)7-13)19-8-15(22(27)33)24(36-19)31-20-4-2-3-14(30-20)9-29-23(34)18-10-28-11-35-18/h2-4,6-8,10-12,32H,5,9H2,1H3,(H2,27,33)(H,29,34)(H,30,31). The average molecular weight is 514 g/mol. The second-order valence-corrected chi connectivity index (χ2v) is 8.95. The minimum absolute atomic E-state index is 0.0349. The van der Waals surface area contributed by atoms with Crippen LogP contribution in [0.2, 0.25) is 0 Å². The number of aromatic nitrogens is 2. The minimum atomic E-state index is -0.822. The molecule has 1 atom stereocenters. The highest BCUT2D eigenvalue weighted by Gasteiger charge is 2.21. The quantitative estimate of drug-likeness (QED) is 0.267. The summed E-state index contributed by atoms with van der Waals surface area (Å²) in [6, 6.07) is 8.61. The summed E-state index contributed by atoms with van der Waals surface area (Å²) in [5, 5.41) is 15.4. The maximum absolute atomic E-state index is 14.8. The van der Waals surface area contributed by atoms with Gasteiger partial charge in [0.1, 0.15) is 22.5 Å². The largest absolute Gasteiger partial charge is 0.438 e. The Balaban J connectivity index is 1.57. The van der Waals surface area contributed by atoms with Gasteiger partial charge in [0.25, 0.3) is 11.8 Å². The molecule has 0 aliphatic carbocycles. The van der Waals surface area contributed by atoms with Gasteiger partial charge in [0.05, 0.1) is 35.7 Å². The van der Waals surface area contributed by atoms with Crippen LogP contribution >= 0.6 is 11.3 Å². The molecule has 1 aromatic carbocycles. The molecular formula is C24H21F2N5O4S. The van der Waals surface area contributed by atoms with Crippen molar-refractivity contribution in [3.63, 3.8) is 0 Å². The van der Waals surface area contributed by atoms with Crippen molar-refractivity contribution < 1.29 is 27.9 Å². The van der Waals surface area contributed by atoms with Gasteiger partial charge in [-0.2, -0.15) is 0 Å². The van der Waals surface area contributed by atoms with Crippen molar-refractivity contribution in [3.8, 4) is 10.4 Å². The molecule has 0 radical (unpaired) electrons. The number of halogens is 2. The number of amides is 2. The topological polar surface area (TPSA) is 143 Å². The number of hydrogen-bond acceptors (Lipinski definition) is 8. The maximum Gasteiger partial charge on any atom is 0.289 e. The summed E-state index contributed by atoms with van der Waals surface area (Å²) < 4.78 is 34.6. The molecular weight excluding hydrogens is 492 g/mol. The zero-order chi connectivity index (χ0) is 25.8. The van der Waals surface area contributed by atoms with Gasteiger partial charge in [-0.3, -0.25) is 9.59 Å². The first-order valence-corrected chi connectivity index (χ1v) is 11.5.